The van der Waals surface area contributed by atoms with Gasteiger partial charge in [-0.3, -0.25) is 4.79 Å². The van der Waals surface area contributed by atoms with Crippen molar-refractivity contribution in [3.63, 3.8) is 0 Å². The molecule has 2 unspecified atom stereocenters. The zero-order valence-corrected chi connectivity index (χ0v) is 12.0. The van der Waals surface area contributed by atoms with Gasteiger partial charge >= 0.3 is 5.97 Å². The second kappa shape index (κ2) is 7.44. The molecule has 0 aliphatic rings. The van der Waals surface area contributed by atoms with Gasteiger partial charge in [0.2, 0.25) is 0 Å². The summed E-state index contributed by atoms with van der Waals surface area (Å²) in [7, 11) is 0. The van der Waals surface area contributed by atoms with E-state index in [2.05, 4.69) is 0 Å². The fourth-order valence-corrected chi connectivity index (χ4v) is 2.50. The maximum Gasteiger partial charge on any atom is 0.319 e. The van der Waals surface area contributed by atoms with E-state index in [1.165, 1.54) is 0 Å². The van der Waals surface area contributed by atoms with Crippen molar-refractivity contribution in [1.82, 2.24) is 0 Å². The van der Waals surface area contributed by atoms with E-state index in [1.54, 1.807) is 11.8 Å². The molecule has 100 valence electrons. The van der Waals surface area contributed by atoms with E-state index < -0.39 is 0 Å². The fraction of sp³-hybridized carbons (Fsp3) is 0.500. The number of carbonyl (C=O) groups excluding carboxylic acids is 1. The predicted octanol–water partition coefficient (Wildman–Crippen LogP) is 3.14. The lowest BCUT2D eigenvalue weighted by molar-refractivity contribution is -0.142. The predicted molar refractivity (Wildman–Crippen MR) is 75.6 cm³/mol. The van der Waals surface area contributed by atoms with E-state index in [0.717, 1.165) is 16.9 Å². The van der Waals surface area contributed by atoms with Gasteiger partial charge < -0.3 is 10.5 Å². The first-order valence-corrected chi connectivity index (χ1v) is 7.15. The minimum absolute atomic E-state index is 0.0380. The zero-order chi connectivity index (χ0) is 13.5. The largest absolute Gasteiger partial charge is 0.465 e. The third kappa shape index (κ3) is 4.35. The van der Waals surface area contributed by atoms with Crippen LogP contribution in [-0.2, 0) is 9.53 Å². The first kappa shape index (κ1) is 15.1. The summed E-state index contributed by atoms with van der Waals surface area (Å²) in [6.07, 6.45) is 0.762. The van der Waals surface area contributed by atoms with Crippen LogP contribution in [0.25, 0.3) is 0 Å². The Balaban J connectivity index is 2.67. The molecule has 1 aromatic rings. The normalized spacial score (nSPS) is 14.0. The van der Waals surface area contributed by atoms with Crippen LogP contribution in [-0.4, -0.2) is 17.8 Å². The third-order valence-electron chi connectivity index (χ3n) is 2.60. The quantitative estimate of drug-likeness (QED) is 0.635. The van der Waals surface area contributed by atoms with E-state index >= 15 is 0 Å². The average molecular weight is 267 g/mol. The topological polar surface area (TPSA) is 52.3 Å². The molecule has 0 aliphatic carbocycles. The molecule has 2 N–H and O–H groups in total. The van der Waals surface area contributed by atoms with Gasteiger partial charge in [0, 0.05) is 10.9 Å². The molecule has 0 radical (unpaired) electrons. The summed E-state index contributed by atoms with van der Waals surface area (Å²) in [4.78, 5) is 12.8. The van der Waals surface area contributed by atoms with Gasteiger partial charge in [-0.1, -0.05) is 19.1 Å². The molecule has 0 fully saturated rings. The van der Waals surface area contributed by atoms with Crippen LogP contribution < -0.4 is 5.73 Å². The Morgan fingerprint density at radius 1 is 1.33 bits per heavy atom. The van der Waals surface area contributed by atoms with E-state index in [-0.39, 0.29) is 17.3 Å². The average Bonchev–Trinajstić information content (AvgIpc) is 2.36. The Bertz CT molecular complexity index is 376. The molecular formula is C14H21NO2S. The van der Waals surface area contributed by atoms with Crippen LogP contribution >= 0.6 is 11.8 Å². The van der Waals surface area contributed by atoms with E-state index in [9.17, 15) is 4.79 Å². The summed E-state index contributed by atoms with van der Waals surface area (Å²) in [5.41, 5.74) is 6.90. The number of benzene rings is 1. The Morgan fingerprint density at radius 3 is 2.39 bits per heavy atom. The number of carbonyl (C=O) groups is 1. The van der Waals surface area contributed by atoms with Crippen molar-refractivity contribution in [3.8, 4) is 0 Å². The molecule has 0 heterocycles. The summed E-state index contributed by atoms with van der Waals surface area (Å²) in [6, 6.07) is 8.06. The summed E-state index contributed by atoms with van der Waals surface area (Å²) in [5.74, 6) is -0.138. The second-order valence-corrected chi connectivity index (χ2v) is 5.40. The molecule has 0 spiro atoms. The minimum atomic E-state index is -0.138. The number of esters is 1. The van der Waals surface area contributed by atoms with Gasteiger partial charge in [-0.05, 0) is 38.0 Å². The summed E-state index contributed by atoms with van der Waals surface area (Å²) < 4.78 is 5.05. The van der Waals surface area contributed by atoms with Crippen LogP contribution in [0.4, 0.5) is 0 Å². The number of rotatable bonds is 6. The number of ether oxygens (including phenoxy) is 1. The lowest BCUT2D eigenvalue weighted by atomic mass is 10.1. The fourth-order valence-electron chi connectivity index (χ4n) is 1.55. The summed E-state index contributed by atoms with van der Waals surface area (Å²) >= 11 is 1.54. The lowest BCUT2D eigenvalue weighted by Gasteiger charge is -2.13. The highest BCUT2D eigenvalue weighted by Crippen LogP contribution is 2.27. The molecular weight excluding hydrogens is 246 g/mol. The van der Waals surface area contributed by atoms with Crippen LogP contribution in [0, 0.1) is 0 Å². The molecule has 0 saturated carbocycles. The standard InChI is InChI=1S/C14H21NO2S/c1-4-13(14(16)17-5-2)18-12-8-6-11(7-9-12)10(3)15/h6-10,13H,4-5,15H2,1-3H3. The van der Waals surface area contributed by atoms with Crippen LogP contribution in [0.15, 0.2) is 29.2 Å². The number of thioether (sulfide) groups is 1. The minimum Gasteiger partial charge on any atom is -0.465 e. The Kier molecular flexibility index (Phi) is 6.22. The molecule has 0 aromatic heterocycles. The van der Waals surface area contributed by atoms with Crippen LogP contribution in [0.1, 0.15) is 38.8 Å². The summed E-state index contributed by atoms with van der Waals surface area (Å²) in [5, 5.41) is -0.133. The van der Waals surface area contributed by atoms with Gasteiger partial charge in [-0.25, -0.2) is 0 Å². The van der Waals surface area contributed by atoms with Crippen LogP contribution in [0.3, 0.4) is 0 Å². The van der Waals surface area contributed by atoms with Crippen molar-refractivity contribution >= 4 is 17.7 Å². The Labute approximate surface area is 113 Å². The van der Waals surface area contributed by atoms with E-state index in [1.807, 2.05) is 45.0 Å². The smallest absolute Gasteiger partial charge is 0.319 e. The van der Waals surface area contributed by atoms with E-state index in [4.69, 9.17) is 10.5 Å². The van der Waals surface area contributed by atoms with Gasteiger partial charge in [-0.2, -0.15) is 0 Å². The van der Waals surface area contributed by atoms with Crippen LogP contribution in [0.5, 0.6) is 0 Å². The molecule has 1 rings (SSSR count). The monoisotopic (exact) mass is 267 g/mol. The molecule has 4 heteroatoms. The van der Waals surface area contributed by atoms with Crippen LogP contribution in [0.2, 0.25) is 0 Å². The number of nitrogens with two attached hydrogens (primary N) is 1. The molecule has 18 heavy (non-hydrogen) atoms. The SMILES string of the molecule is CCOC(=O)C(CC)Sc1ccc(C(C)N)cc1. The first-order chi connectivity index (χ1) is 8.58. The molecule has 0 aliphatic heterocycles. The van der Waals surface area contributed by atoms with Crippen molar-refractivity contribution in [2.45, 2.75) is 43.4 Å². The lowest BCUT2D eigenvalue weighted by Crippen LogP contribution is -2.19. The zero-order valence-electron chi connectivity index (χ0n) is 11.2. The molecule has 0 saturated heterocycles. The summed E-state index contributed by atoms with van der Waals surface area (Å²) in [6.45, 7) is 6.20. The third-order valence-corrected chi connectivity index (χ3v) is 3.96. The number of hydrogen-bond donors (Lipinski definition) is 1. The molecule has 2 atom stereocenters. The molecule has 0 amide bonds. The van der Waals surface area contributed by atoms with Gasteiger partial charge in [-0.15, -0.1) is 11.8 Å². The maximum absolute atomic E-state index is 11.7. The molecule has 0 bridgehead atoms. The van der Waals surface area contributed by atoms with Crippen molar-refractivity contribution in [1.29, 1.82) is 0 Å². The van der Waals surface area contributed by atoms with Crippen molar-refractivity contribution in [3.05, 3.63) is 29.8 Å². The second-order valence-electron chi connectivity index (χ2n) is 4.12. The highest BCUT2D eigenvalue weighted by Gasteiger charge is 2.18. The Hall–Kier alpha value is -1.00. The highest BCUT2D eigenvalue weighted by atomic mass is 32.2. The molecule has 3 nitrogen and oxygen atoms in total. The van der Waals surface area contributed by atoms with E-state index in [0.29, 0.717) is 6.61 Å². The van der Waals surface area contributed by atoms with Crippen molar-refractivity contribution < 1.29 is 9.53 Å². The molecule has 1 aromatic carbocycles. The van der Waals surface area contributed by atoms with Gasteiger partial charge in [0.15, 0.2) is 0 Å². The van der Waals surface area contributed by atoms with Gasteiger partial charge in [0.05, 0.1) is 6.61 Å². The van der Waals surface area contributed by atoms with Crippen molar-refractivity contribution in [2.24, 2.45) is 5.73 Å². The number of hydrogen-bond acceptors (Lipinski definition) is 4. The van der Waals surface area contributed by atoms with Crippen molar-refractivity contribution in [2.75, 3.05) is 6.61 Å². The van der Waals surface area contributed by atoms with Gasteiger partial charge in [0.1, 0.15) is 5.25 Å². The highest BCUT2D eigenvalue weighted by molar-refractivity contribution is 8.00. The maximum atomic E-state index is 11.7. The first-order valence-electron chi connectivity index (χ1n) is 6.27. The Morgan fingerprint density at radius 2 is 1.94 bits per heavy atom. The van der Waals surface area contributed by atoms with Gasteiger partial charge in [0.25, 0.3) is 0 Å².